The zero-order chi connectivity index (χ0) is 19.0. The van der Waals surface area contributed by atoms with Gasteiger partial charge in [0.1, 0.15) is 0 Å². The van der Waals surface area contributed by atoms with Gasteiger partial charge in [0.15, 0.2) is 11.5 Å². The van der Waals surface area contributed by atoms with Gasteiger partial charge in [-0.2, -0.15) is 9.61 Å². The molecule has 0 bridgehead atoms. The van der Waals surface area contributed by atoms with Crippen molar-refractivity contribution in [3.05, 3.63) is 23.7 Å². The summed E-state index contributed by atoms with van der Waals surface area (Å²) in [5.41, 5.74) is 1.99. The summed E-state index contributed by atoms with van der Waals surface area (Å²) >= 11 is 0. The SMILES string of the molecule is CN1CCCCC1CN1CCC(c2nnc3ccc(C(C)(C)C)nn23)CC1. The molecule has 0 aromatic carbocycles. The highest BCUT2D eigenvalue weighted by atomic mass is 15.4. The fraction of sp³-hybridized carbons (Fsp3) is 0.762. The normalized spacial score (nSPS) is 23.9. The molecule has 0 N–H and O–H groups in total. The topological polar surface area (TPSA) is 49.6 Å². The Morgan fingerprint density at radius 3 is 2.48 bits per heavy atom. The minimum Gasteiger partial charge on any atom is -0.302 e. The van der Waals surface area contributed by atoms with E-state index in [9.17, 15) is 0 Å². The first kappa shape index (κ1) is 18.8. The lowest BCUT2D eigenvalue weighted by molar-refractivity contribution is 0.111. The average molecular weight is 371 g/mol. The van der Waals surface area contributed by atoms with Crippen molar-refractivity contribution in [2.75, 3.05) is 33.2 Å². The molecule has 0 spiro atoms. The number of aromatic nitrogens is 4. The van der Waals surface area contributed by atoms with Gasteiger partial charge in [-0.1, -0.05) is 27.2 Å². The van der Waals surface area contributed by atoms with Gasteiger partial charge in [0.05, 0.1) is 5.69 Å². The van der Waals surface area contributed by atoms with Crippen LogP contribution in [-0.4, -0.2) is 68.9 Å². The summed E-state index contributed by atoms with van der Waals surface area (Å²) in [5, 5.41) is 13.8. The Morgan fingerprint density at radius 2 is 1.78 bits per heavy atom. The second-order valence-corrected chi connectivity index (χ2v) is 9.50. The van der Waals surface area contributed by atoms with Crippen LogP contribution >= 0.6 is 0 Å². The van der Waals surface area contributed by atoms with E-state index < -0.39 is 0 Å². The molecule has 1 atom stereocenters. The van der Waals surface area contributed by atoms with Gasteiger partial charge in [0, 0.05) is 23.9 Å². The van der Waals surface area contributed by atoms with Crippen molar-refractivity contribution < 1.29 is 0 Å². The maximum Gasteiger partial charge on any atom is 0.177 e. The van der Waals surface area contributed by atoms with Gasteiger partial charge in [-0.15, -0.1) is 10.2 Å². The molecule has 2 saturated heterocycles. The van der Waals surface area contributed by atoms with E-state index >= 15 is 0 Å². The number of rotatable bonds is 3. The van der Waals surface area contributed by atoms with Crippen molar-refractivity contribution in [2.45, 2.75) is 70.3 Å². The van der Waals surface area contributed by atoms with Crippen LogP contribution in [0.4, 0.5) is 0 Å². The molecule has 2 fully saturated rings. The maximum atomic E-state index is 4.88. The molecule has 1 unspecified atom stereocenters. The minimum atomic E-state index is 0.0329. The van der Waals surface area contributed by atoms with Crippen LogP contribution in [0.1, 0.15) is 70.3 Å². The number of fused-ring (bicyclic) bond motifs is 1. The summed E-state index contributed by atoms with van der Waals surface area (Å²) in [6.45, 7) is 11.4. The number of hydrogen-bond acceptors (Lipinski definition) is 5. The van der Waals surface area contributed by atoms with Gasteiger partial charge in [-0.25, -0.2) is 0 Å². The number of piperidine rings is 2. The van der Waals surface area contributed by atoms with Crippen molar-refractivity contribution in [3.63, 3.8) is 0 Å². The van der Waals surface area contributed by atoms with Crippen LogP contribution < -0.4 is 0 Å². The number of nitrogens with zero attached hydrogens (tertiary/aromatic N) is 6. The van der Waals surface area contributed by atoms with Gasteiger partial charge in [0.2, 0.25) is 0 Å². The third kappa shape index (κ3) is 4.02. The van der Waals surface area contributed by atoms with Gasteiger partial charge in [0.25, 0.3) is 0 Å². The average Bonchev–Trinajstić information content (AvgIpc) is 3.07. The highest BCUT2D eigenvalue weighted by Crippen LogP contribution is 2.28. The molecule has 4 heterocycles. The van der Waals surface area contributed by atoms with Crippen molar-refractivity contribution in [2.24, 2.45) is 0 Å². The summed E-state index contributed by atoms with van der Waals surface area (Å²) in [6, 6.07) is 4.87. The molecule has 2 aliphatic rings. The van der Waals surface area contributed by atoms with Gasteiger partial charge >= 0.3 is 0 Å². The molecule has 2 aromatic rings. The third-order valence-electron chi connectivity index (χ3n) is 6.40. The van der Waals surface area contributed by atoms with Crippen LogP contribution in [0.2, 0.25) is 0 Å². The monoisotopic (exact) mass is 370 g/mol. The number of hydrogen-bond donors (Lipinski definition) is 0. The van der Waals surface area contributed by atoms with Crippen LogP contribution in [0.25, 0.3) is 5.65 Å². The predicted octanol–water partition coefficient (Wildman–Crippen LogP) is 3.09. The molecule has 0 amide bonds. The zero-order valence-electron chi connectivity index (χ0n) is 17.4. The Kier molecular flexibility index (Phi) is 5.21. The first-order valence-corrected chi connectivity index (χ1v) is 10.6. The number of likely N-dealkylation sites (tertiary alicyclic amines) is 2. The molecule has 27 heavy (non-hydrogen) atoms. The minimum absolute atomic E-state index is 0.0329. The summed E-state index contributed by atoms with van der Waals surface area (Å²) in [7, 11) is 2.29. The Labute approximate surface area is 162 Å². The van der Waals surface area contributed by atoms with E-state index in [-0.39, 0.29) is 5.41 Å². The molecule has 6 heteroatoms. The molecule has 2 aromatic heterocycles. The summed E-state index contributed by atoms with van der Waals surface area (Å²) in [5.74, 6) is 1.51. The Balaban J connectivity index is 1.43. The summed E-state index contributed by atoms with van der Waals surface area (Å²) in [4.78, 5) is 5.21. The fourth-order valence-electron chi connectivity index (χ4n) is 4.51. The van der Waals surface area contributed by atoms with Crippen LogP contribution in [0.3, 0.4) is 0 Å². The first-order valence-electron chi connectivity index (χ1n) is 10.6. The van der Waals surface area contributed by atoms with Crippen LogP contribution in [0.5, 0.6) is 0 Å². The van der Waals surface area contributed by atoms with Gasteiger partial charge in [-0.3, -0.25) is 0 Å². The van der Waals surface area contributed by atoms with E-state index in [0.717, 1.165) is 49.1 Å². The Hall–Kier alpha value is -1.53. The van der Waals surface area contributed by atoms with Crippen LogP contribution in [-0.2, 0) is 5.41 Å². The molecular weight excluding hydrogens is 336 g/mol. The van der Waals surface area contributed by atoms with Crippen LogP contribution in [0, 0.1) is 0 Å². The fourth-order valence-corrected chi connectivity index (χ4v) is 4.51. The lowest BCUT2D eigenvalue weighted by Crippen LogP contribution is -2.46. The largest absolute Gasteiger partial charge is 0.302 e. The Morgan fingerprint density at radius 1 is 1.00 bits per heavy atom. The van der Waals surface area contributed by atoms with E-state index in [2.05, 4.69) is 59.9 Å². The van der Waals surface area contributed by atoms with E-state index in [1.54, 1.807) is 0 Å². The molecule has 148 valence electrons. The molecule has 0 radical (unpaired) electrons. The molecular formula is C21H34N6. The van der Waals surface area contributed by atoms with Gasteiger partial charge in [-0.05, 0) is 64.5 Å². The lowest BCUT2D eigenvalue weighted by Gasteiger charge is -2.38. The second kappa shape index (κ2) is 7.47. The van der Waals surface area contributed by atoms with Gasteiger partial charge < -0.3 is 9.80 Å². The second-order valence-electron chi connectivity index (χ2n) is 9.50. The third-order valence-corrected chi connectivity index (χ3v) is 6.40. The standard InChI is InChI=1S/C21H34N6/c1-21(2,3)18-8-9-19-22-23-20(27(19)24-18)16-10-13-26(14-11-16)15-17-7-5-6-12-25(17)4/h8-9,16-17H,5-7,10-15H2,1-4H3. The van der Waals surface area contributed by atoms with E-state index in [0.29, 0.717) is 5.92 Å². The highest BCUT2D eigenvalue weighted by Gasteiger charge is 2.28. The molecule has 0 aliphatic carbocycles. The molecule has 0 saturated carbocycles. The van der Waals surface area contributed by atoms with E-state index in [4.69, 9.17) is 5.10 Å². The van der Waals surface area contributed by atoms with Crippen molar-refractivity contribution in [1.82, 2.24) is 29.6 Å². The molecule has 6 nitrogen and oxygen atoms in total. The van der Waals surface area contributed by atoms with Crippen molar-refractivity contribution in [1.29, 1.82) is 0 Å². The first-order chi connectivity index (χ1) is 12.9. The van der Waals surface area contributed by atoms with Crippen molar-refractivity contribution >= 4 is 5.65 Å². The van der Waals surface area contributed by atoms with Crippen molar-refractivity contribution in [3.8, 4) is 0 Å². The number of likely N-dealkylation sites (N-methyl/N-ethyl adjacent to an activating group) is 1. The smallest absolute Gasteiger partial charge is 0.177 e. The summed E-state index contributed by atoms with van der Waals surface area (Å²) in [6.07, 6.45) is 6.40. The Bertz CT molecular complexity index is 769. The zero-order valence-corrected chi connectivity index (χ0v) is 17.4. The summed E-state index contributed by atoms with van der Waals surface area (Å²) < 4.78 is 2.00. The molecule has 4 rings (SSSR count). The quantitative estimate of drug-likeness (QED) is 0.831. The maximum absolute atomic E-state index is 4.88. The van der Waals surface area contributed by atoms with E-state index in [1.165, 1.54) is 32.4 Å². The lowest BCUT2D eigenvalue weighted by atomic mass is 9.92. The van der Waals surface area contributed by atoms with Crippen LogP contribution in [0.15, 0.2) is 12.1 Å². The predicted molar refractivity (Wildman–Crippen MR) is 108 cm³/mol. The van der Waals surface area contributed by atoms with E-state index in [1.807, 2.05) is 4.52 Å². The molecule has 2 aliphatic heterocycles. The highest BCUT2D eigenvalue weighted by molar-refractivity contribution is 5.37.